The maximum absolute atomic E-state index is 12.4. The lowest BCUT2D eigenvalue weighted by Crippen LogP contribution is -2.31. The molecule has 2 amide bonds. The van der Waals surface area contributed by atoms with Gasteiger partial charge in [-0.15, -0.1) is 11.3 Å². The third kappa shape index (κ3) is 4.00. The number of nitrogens with zero attached hydrogens (tertiary/aromatic N) is 2. The lowest BCUT2D eigenvalue weighted by Gasteiger charge is -2.13. The molecule has 7 nitrogen and oxygen atoms in total. The van der Waals surface area contributed by atoms with Crippen LogP contribution in [0.2, 0.25) is 4.34 Å². The number of nitrogen functional groups attached to an aromatic ring is 1. The summed E-state index contributed by atoms with van der Waals surface area (Å²) in [7, 11) is 0. The van der Waals surface area contributed by atoms with Crippen LogP contribution in [0.4, 0.5) is 10.9 Å². The summed E-state index contributed by atoms with van der Waals surface area (Å²) < 4.78 is 0.538. The molecule has 10 heteroatoms. The number of thiophene rings is 1. The average molecular weight is 399 g/mol. The number of likely N-dealkylation sites (tertiary alicyclic amines) is 1. The van der Waals surface area contributed by atoms with Crippen molar-refractivity contribution in [1.82, 2.24) is 9.88 Å². The lowest BCUT2D eigenvalue weighted by molar-refractivity contribution is -0.138. The third-order valence-electron chi connectivity index (χ3n) is 3.65. The average Bonchev–Trinajstić information content (AvgIpc) is 3.25. The van der Waals surface area contributed by atoms with Crippen LogP contribution in [0.25, 0.3) is 0 Å². The number of carbonyl (C=O) groups is 3. The smallest absolute Gasteiger partial charge is 0.229 e. The zero-order valence-electron chi connectivity index (χ0n) is 13.1. The van der Waals surface area contributed by atoms with Crippen LogP contribution < -0.4 is 11.1 Å². The molecule has 1 aliphatic rings. The van der Waals surface area contributed by atoms with E-state index < -0.39 is 0 Å². The van der Waals surface area contributed by atoms with Gasteiger partial charge in [-0.2, -0.15) is 0 Å². The number of nitrogens with one attached hydrogen (secondary N) is 1. The summed E-state index contributed by atoms with van der Waals surface area (Å²) in [5.41, 5.74) is 5.84. The number of nitrogens with two attached hydrogens (primary N) is 1. The molecule has 132 valence electrons. The summed E-state index contributed by atoms with van der Waals surface area (Å²) >= 11 is 8.22. The SMILES string of the molecule is Nc1nc(NCCCN2C(=O)CCC2=O)sc1C(=O)c1ccc(Cl)s1. The van der Waals surface area contributed by atoms with Crippen LogP contribution in [0.5, 0.6) is 0 Å². The number of carbonyl (C=O) groups excluding carboxylic acids is 3. The Morgan fingerprint density at radius 1 is 1.28 bits per heavy atom. The molecule has 1 aliphatic heterocycles. The Balaban J connectivity index is 1.55. The summed E-state index contributed by atoms with van der Waals surface area (Å²) in [4.78, 5) is 41.8. The number of imide groups is 1. The van der Waals surface area contributed by atoms with E-state index in [1.165, 1.54) is 27.6 Å². The Bertz CT molecular complexity index is 817. The predicted octanol–water partition coefficient (Wildman–Crippen LogP) is 2.62. The van der Waals surface area contributed by atoms with Crippen molar-refractivity contribution < 1.29 is 14.4 Å². The molecule has 3 N–H and O–H groups in total. The van der Waals surface area contributed by atoms with Crippen LogP contribution in [0, 0.1) is 0 Å². The first-order valence-electron chi connectivity index (χ1n) is 7.59. The fourth-order valence-electron chi connectivity index (χ4n) is 2.42. The molecule has 2 aromatic rings. The Morgan fingerprint density at radius 2 is 2.00 bits per heavy atom. The van der Waals surface area contributed by atoms with Crippen molar-refractivity contribution in [3.05, 3.63) is 26.2 Å². The number of hydrogen-bond acceptors (Lipinski definition) is 8. The summed E-state index contributed by atoms with van der Waals surface area (Å²) in [6.07, 6.45) is 1.20. The van der Waals surface area contributed by atoms with Crippen molar-refractivity contribution in [1.29, 1.82) is 0 Å². The maximum Gasteiger partial charge on any atom is 0.229 e. The van der Waals surface area contributed by atoms with E-state index in [1.807, 2.05) is 0 Å². The first-order valence-corrected chi connectivity index (χ1v) is 9.60. The number of halogens is 1. The molecule has 25 heavy (non-hydrogen) atoms. The normalized spacial score (nSPS) is 14.4. The summed E-state index contributed by atoms with van der Waals surface area (Å²) in [5.74, 6) is -0.267. The summed E-state index contributed by atoms with van der Waals surface area (Å²) in [6, 6.07) is 3.32. The highest BCUT2D eigenvalue weighted by atomic mass is 35.5. The molecule has 0 atom stereocenters. The van der Waals surface area contributed by atoms with Crippen LogP contribution in [-0.2, 0) is 9.59 Å². The molecule has 0 saturated carbocycles. The molecule has 0 unspecified atom stereocenters. The predicted molar refractivity (Wildman–Crippen MR) is 98.3 cm³/mol. The quantitative estimate of drug-likeness (QED) is 0.422. The van der Waals surface area contributed by atoms with Crippen LogP contribution >= 0.6 is 34.3 Å². The van der Waals surface area contributed by atoms with Gasteiger partial charge in [0.05, 0.1) is 9.21 Å². The van der Waals surface area contributed by atoms with E-state index in [0.717, 1.165) is 0 Å². The van der Waals surface area contributed by atoms with Gasteiger partial charge in [0.25, 0.3) is 0 Å². The van der Waals surface area contributed by atoms with Gasteiger partial charge in [0.1, 0.15) is 10.7 Å². The van der Waals surface area contributed by atoms with Crippen molar-refractivity contribution in [2.75, 3.05) is 24.1 Å². The standard InChI is InChI=1S/C15H15ClN4O3S2/c16-9-3-2-8(24-9)12(23)13-14(17)19-15(25-13)18-6-1-7-20-10(21)4-5-11(20)22/h2-3H,1,4-7,17H2,(H,18,19). The highest BCUT2D eigenvalue weighted by Gasteiger charge is 2.28. The number of rotatable bonds is 7. The van der Waals surface area contributed by atoms with Crippen LogP contribution in [0.1, 0.15) is 33.8 Å². The van der Waals surface area contributed by atoms with Gasteiger partial charge >= 0.3 is 0 Å². The summed E-state index contributed by atoms with van der Waals surface area (Å²) in [6.45, 7) is 0.896. The van der Waals surface area contributed by atoms with E-state index in [-0.39, 0.29) is 23.4 Å². The highest BCUT2D eigenvalue weighted by molar-refractivity contribution is 7.21. The van der Waals surface area contributed by atoms with Crippen molar-refractivity contribution in [3.63, 3.8) is 0 Å². The van der Waals surface area contributed by atoms with E-state index in [2.05, 4.69) is 10.3 Å². The number of aromatic nitrogens is 1. The minimum absolute atomic E-state index is 0.119. The molecule has 1 saturated heterocycles. The molecule has 0 aliphatic carbocycles. The van der Waals surface area contributed by atoms with Gasteiger partial charge < -0.3 is 11.1 Å². The van der Waals surface area contributed by atoms with Crippen molar-refractivity contribution in [2.45, 2.75) is 19.3 Å². The van der Waals surface area contributed by atoms with Gasteiger partial charge in [0.15, 0.2) is 5.13 Å². The summed E-state index contributed by atoms with van der Waals surface area (Å²) in [5, 5.41) is 3.60. The molecule has 1 fully saturated rings. The molecule has 0 spiro atoms. The zero-order chi connectivity index (χ0) is 18.0. The first kappa shape index (κ1) is 17.8. The topological polar surface area (TPSA) is 105 Å². The Labute approximate surface area is 156 Å². The first-order chi connectivity index (χ1) is 12.0. The second-order valence-corrected chi connectivity index (χ2v) is 8.10. The number of ketones is 1. The molecule has 0 bridgehead atoms. The Hall–Kier alpha value is -1.97. The van der Waals surface area contributed by atoms with Crippen LogP contribution in [0.3, 0.4) is 0 Å². The van der Waals surface area contributed by atoms with E-state index in [1.54, 1.807) is 12.1 Å². The van der Waals surface area contributed by atoms with E-state index in [0.29, 0.717) is 51.6 Å². The van der Waals surface area contributed by atoms with Gasteiger partial charge in [-0.25, -0.2) is 4.98 Å². The van der Waals surface area contributed by atoms with Crippen molar-refractivity contribution >= 4 is 62.8 Å². The van der Waals surface area contributed by atoms with Gasteiger partial charge in [0, 0.05) is 25.9 Å². The molecule has 3 heterocycles. The number of anilines is 2. The van der Waals surface area contributed by atoms with Gasteiger partial charge in [-0.05, 0) is 18.6 Å². The molecule has 0 aromatic carbocycles. The minimum Gasteiger partial charge on any atom is -0.382 e. The largest absolute Gasteiger partial charge is 0.382 e. The van der Waals surface area contributed by atoms with E-state index >= 15 is 0 Å². The monoisotopic (exact) mass is 398 g/mol. The lowest BCUT2D eigenvalue weighted by atomic mass is 10.3. The van der Waals surface area contributed by atoms with E-state index in [9.17, 15) is 14.4 Å². The fraction of sp³-hybridized carbons (Fsp3) is 0.333. The number of hydrogen-bond donors (Lipinski definition) is 2. The van der Waals surface area contributed by atoms with Gasteiger partial charge in [-0.3, -0.25) is 19.3 Å². The van der Waals surface area contributed by atoms with Crippen molar-refractivity contribution in [2.24, 2.45) is 0 Å². The second-order valence-electron chi connectivity index (χ2n) is 5.39. The molecular formula is C15H15ClN4O3S2. The molecule has 0 radical (unpaired) electrons. The van der Waals surface area contributed by atoms with Crippen LogP contribution in [0.15, 0.2) is 12.1 Å². The van der Waals surface area contributed by atoms with Crippen molar-refractivity contribution in [3.8, 4) is 0 Å². The van der Waals surface area contributed by atoms with Gasteiger partial charge in [-0.1, -0.05) is 22.9 Å². The Morgan fingerprint density at radius 3 is 2.64 bits per heavy atom. The molecule has 2 aromatic heterocycles. The van der Waals surface area contributed by atoms with Gasteiger partial charge in [0.2, 0.25) is 17.6 Å². The molecule has 3 rings (SSSR count). The maximum atomic E-state index is 12.4. The zero-order valence-corrected chi connectivity index (χ0v) is 15.5. The van der Waals surface area contributed by atoms with E-state index in [4.69, 9.17) is 17.3 Å². The number of thiazole rings is 1. The molecular weight excluding hydrogens is 384 g/mol. The highest BCUT2D eigenvalue weighted by Crippen LogP contribution is 2.31. The van der Waals surface area contributed by atoms with Crippen LogP contribution in [-0.4, -0.2) is 40.6 Å². The minimum atomic E-state index is -0.201. The number of amides is 2. The fourth-order valence-corrected chi connectivity index (χ4v) is 4.34. The third-order valence-corrected chi connectivity index (χ3v) is 5.90. The second kappa shape index (κ2) is 7.51. The Kier molecular flexibility index (Phi) is 5.36.